The van der Waals surface area contributed by atoms with Gasteiger partial charge < -0.3 is 0 Å². The second kappa shape index (κ2) is 16.8. The van der Waals surface area contributed by atoms with E-state index in [1.165, 1.54) is 107 Å². The zero-order valence-electron chi connectivity index (χ0n) is 23.1. The molecule has 1 heteroatoms. The molecule has 3 aromatic carbocycles. The van der Waals surface area contributed by atoms with Crippen LogP contribution in [0.1, 0.15) is 102 Å². The highest BCUT2D eigenvalue weighted by Crippen LogP contribution is 2.52. The molecule has 0 N–H and O–H groups in total. The Morgan fingerprint density at radius 3 is 1.31 bits per heavy atom. The number of hydrogen-bond acceptors (Lipinski definition) is 0. The molecule has 0 aliphatic heterocycles. The van der Waals surface area contributed by atoms with E-state index in [-0.39, 0.29) is 0 Å². The molecule has 194 valence electrons. The van der Waals surface area contributed by atoms with Crippen LogP contribution in [0.3, 0.4) is 0 Å². The maximum absolute atomic E-state index is 2.52. The molecule has 0 amide bonds. The fourth-order valence-electron chi connectivity index (χ4n) is 5.55. The second-order valence-electron chi connectivity index (χ2n) is 10.7. The summed E-state index contributed by atoms with van der Waals surface area (Å²) in [6.07, 6.45) is 21.0. The van der Waals surface area contributed by atoms with Crippen molar-refractivity contribution in [3.05, 3.63) is 90.5 Å². The van der Waals surface area contributed by atoms with Gasteiger partial charge in [-0.15, -0.1) is 0 Å². The fourth-order valence-corrected chi connectivity index (χ4v) is 9.08. The van der Waals surface area contributed by atoms with Gasteiger partial charge in [-0.25, -0.2) is 0 Å². The van der Waals surface area contributed by atoms with Crippen LogP contribution in [-0.4, -0.2) is 6.66 Å². The number of benzene rings is 3. The molecule has 0 nitrogen and oxygen atoms in total. The summed E-state index contributed by atoms with van der Waals surface area (Å²) < 4.78 is 0. The molecule has 0 fully saturated rings. The molecule has 0 heterocycles. The first kappa shape index (κ1) is 28.7. The van der Waals surface area contributed by atoms with Crippen LogP contribution in [0.4, 0.5) is 0 Å². The van der Waals surface area contributed by atoms with Gasteiger partial charge >= 0.3 is 0 Å². The van der Waals surface area contributed by atoms with E-state index in [0.29, 0.717) is 0 Å². The maximum Gasteiger partial charge on any atom is 0.109 e. The van der Waals surface area contributed by atoms with Crippen molar-refractivity contribution in [2.75, 3.05) is 6.66 Å². The Morgan fingerprint density at radius 1 is 0.444 bits per heavy atom. The summed E-state index contributed by atoms with van der Waals surface area (Å²) in [5.74, 6) is 0. The lowest BCUT2D eigenvalue weighted by Crippen LogP contribution is -2.32. The largest absolute Gasteiger partial charge is 0.109 e. The van der Waals surface area contributed by atoms with Gasteiger partial charge in [0, 0.05) is 0 Å². The molecule has 0 radical (unpaired) electrons. The molecule has 0 aliphatic carbocycles. The van der Waals surface area contributed by atoms with Crippen LogP contribution in [0.5, 0.6) is 0 Å². The number of hydrogen-bond donors (Lipinski definition) is 0. The predicted molar refractivity (Wildman–Crippen MR) is 165 cm³/mol. The number of rotatable bonds is 18. The molecule has 0 unspecified atom stereocenters. The first-order valence-corrected chi connectivity index (χ1v) is 17.1. The molecule has 3 aromatic rings. The highest BCUT2D eigenvalue weighted by molar-refractivity contribution is 7.95. The van der Waals surface area contributed by atoms with E-state index in [1.54, 1.807) is 10.9 Å². The van der Waals surface area contributed by atoms with E-state index < -0.39 is 7.26 Å². The summed E-state index contributed by atoms with van der Waals surface area (Å²) in [6.45, 7) is 4.81. The van der Waals surface area contributed by atoms with Crippen molar-refractivity contribution in [1.82, 2.24) is 0 Å². The number of aryl methyl sites for hydroxylation is 1. The highest BCUT2D eigenvalue weighted by Gasteiger charge is 2.41. The first-order valence-electron chi connectivity index (χ1n) is 14.8. The van der Waals surface area contributed by atoms with Gasteiger partial charge in [-0.3, -0.25) is 0 Å². The van der Waals surface area contributed by atoms with Crippen molar-refractivity contribution < 1.29 is 0 Å². The topological polar surface area (TPSA) is 0 Å². The van der Waals surface area contributed by atoms with Crippen LogP contribution in [0.15, 0.2) is 84.9 Å². The van der Waals surface area contributed by atoms with Crippen LogP contribution in [0.2, 0.25) is 0 Å². The van der Waals surface area contributed by atoms with Crippen molar-refractivity contribution in [1.29, 1.82) is 0 Å². The minimum absolute atomic E-state index is 1.20. The standard InChI is InChI=1S/C35H50P/c1-3-4-5-6-7-8-9-10-11-12-13-14-15-18-25-32-26-23-24-31-35(32)36(2,33-27-19-16-20-28-33)34-29-21-17-22-30-34/h16-17,19-24,26-31H,3-15,18,25H2,1-2H3/q+1. The average Bonchev–Trinajstić information content (AvgIpc) is 2.94. The Morgan fingerprint density at radius 2 is 0.833 bits per heavy atom. The van der Waals surface area contributed by atoms with Crippen molar-refractivity contribution >= 4 is 23.2 Å². The monoisotopic (exact) mass is 501 g/mol. The van der Waals surface area contributed by atoms with Gasteiger partial charge in [0.2, 0.25) is 0 Å². The van der Waals surface area contributed by atoms with Gasteiger partial charge in [0.05, 0.1) is 6.66 Å². The molecule has 0 aliphatic rings. The molecule has 0 aromatic heterocycles. The fraction of sp³-hybridized carbons (Fsp3) is 0.486. The molecule has 0 saturated heterocycles. The molecule has 3 rings (SSSR count). The molecular weight excluding hydrogens is 451 g/mol. The molecule has 0 bridgehead atoms. The van der Waals surface area contributed by atoms with E-state index in [1.807, 2.05) is 0 Å². The van der Waals surface area contributed by atoms with E-state index in [4.69, 9.17) is 0 Å². The van der Waals surface area contributed by atoms with E-state index in [9.17, 15) is 0 Å². The summed E-state index contributed by atoms with van der Waals surface area (Å²) in [4.78, 5) is 0. The lowest BCUT2D eigenvalue weighted by atomic mass is 10.0. The second-order valence-corrected chi connectivity index (χ2v) is 14.2. The lowest BCUT2D eigenvalue weighted by Gasteiger charge is -2.25. The van der Waals surface area contributed by atoms with Crippen LogP contribution in [-0.2, 0) is 6.42 Å². The van der Waals surface area contributed by atoms with Gasteiger partial charge in [0.25, 0.3) is 0 Å². The Bertz CT molecular complexity index is 907. The van der Waals surface area contributed by atoms with Crippen molar-refractivity contribution in [3.63, 3.8) is 0 Å². The van der Waals surface area contributed by atoms with Crippen LogP contribution in [0, 0.1) is 0 Å². The van der Waals surface area contributed by atoms with Gasteiger partial charge in [-0.2, -0.15) is 0 Å². The van der Waals surface area contributed by atoms with E-state index in [2.05, 4.69) is 98.5 Å². The molecule has 0 atom stereocenters. The summed E-state index contributed by atoms with van der Waals surface area (Å²) in [6, 6.07) is 31.7. The maximum atomic E-state index is 2.52. The zero-order chi connectivity index (χ0) is 25.3. The minimum Gasteiger partial charge on any atom is -0.0654 e. The Kier molecular flexibility index (Phi) is 13.3. The van der Waals surface area contributed by atoms with Crippen molar-refractivity contribution in [2.45, 2.75) is 103 Å². The minimum atomic E-state index is -1.65. The van der Waals surface area contributed by atoms with E-state index >= 15 is 0 Å². The smallest absolute Gasteiger partial charge is 0.0654 e. The number of unbranched alkanes of at least 4 members (excludes halogenated alkanes) is 13. The van der Waals surface area contributed by atoms with Crippen LogP contribution < -0.4 is 15.9 Å². The van der Waals surface area contributed by atoms with Crippen LogP contribution in [0.25, 0.3) is 0 Å². The predicted octanol–water partition coefficient (Wildman–Crippen LogP) is 9.63. The highest BCUT2D eigenvalue weighted by atomic mass is 31.2. The molecule has 36 heavy (non-hydrogen) atoms. The van der Waals surface area contributed by atoms with E-state index in [0.717, 1.165) is 0 Å². The van der Waals surface area contributed by atoms with Crippen molar-refractivity contribution in [3.8, 4) is 0 Å². The summed E-state index contributed by atoms with van der Waals surface area (Å²) in [5.41, 5.74) is 1.56. The first-order chi connectivity index (χ1) is 17.8. The normalized spacial score (nSPS) is 11.6. The molecular formula is C35H50P+. The molecule has 0 spiro atoms. The Balaban J connectivity index is 1.46. The zero-order valence-corrected chi connectivity index (χ0v) is 24.0. The van der Waals surface area contributed by atoms with Gasteiger partial charge in [0.15, 0.2) is 0 Å². The molecule has 0 saturated carbocycles. The quantitative estimate of drug-likeness (QED) is 0.120. The SMILES string of the molecule is CCCCCCCCCCCCCCCCc1ccccc1[P+](C)(c1ccccc1)c1ccccc1. The Labute approximate surface area is 223 Å². The Hall–Kier alpha value is -1.91. The van der Waals surface area contributed by atoms with Crippen LogP contribution >= 0.6 is 7.26 Å². The third-order valence-electron chi connectivity index (χ3n) is 7.82. The van der Waals surface area contributed by atoms with Gasteiger partial charge in [-0.05, 0) is 48.7 Å². The third kappa shape index (κ3) is 8.88. The lowest BCUT2D eigenvalue weighted by molar-refractivity contribution is 0.535. The summed E-state index contributed by atoms with van der Waals surface area (Å²) >= 11 is 0. The van der Waals surface area contributed by atoms with Gasteiger partial charge in [0.1, 0.15) is 23.2 Å². The van der Waals surface area contributed by atoms with Crippen molar-refractivity contribution in [2.24, 2.45) is 0 Å². The van der Waals surface area contributed by atoms with Gasteiger partial charge in [-0.1, -0.05) is 145 Å². The average molecular weight is 502 g/mol. The third-order valence-corrected chi connectivity index (χ3v) is 11.9. The summed E-state index contributed by atoms with van der Waals surface area (Å²) in [7, 11) is -1.65. The summed E-state index contributed by atoms with van der Waals surface area (Å²) in [5, 5.41) is 4.52.